The average Bonchev–Trinajstić information content (AvgIpc) is 1.99. The standard InChI is InChI=1S/C7H5Cl2F3N2/c8-4-1-3(2-5(9)14-4)6(13)7(10,11)12/h1-2,6H,13H2. The second-order valence-corrected chi connectivity index (χ2v) is 3.34. The highest BCUT2D eigenvalue weighted by Crippen LogP contribution is 2.32. The SMILES string of the molecule is NC(c1cc(Cl)nc(Cl)c1)C(F)(F)F. The molecule has 0 bridgehead atoms. The van der Waals surface area contributed by atoms with Gasteiger partial charge in [-0.15, -0.1) is 0 Å². The minimum atomic E-state index is -4.52. The lowest BCUT2D eigenvalue weighted by molar-refractivity contribution is -0.149. The monoisotopic (exact) mass is 244 g/mol. The van der Waals surface area contributed by atoms with Gasteiger partial charge in [-0.3, -0.25) is 0 Å². The molecule has 1 heterocycles. The Morgan fingerprint density at radius 2 is 1.64 bits per heavy atom. The molecule has 0 spiro atoms. The molecule has 2 nitrogen and oxygen atoms in total. The van der Waals surface area contributed by atoms with E-state index in [0.717, 1.165) is 12.1 Å². The molecule has 7 heteroatoms. The third kappa shape index (κ3) is 2.73. The summed E-state index contributed by atoms with van der Waals surface area (Å²) in [5, 5.41) is -0.237. The lowest BCUT2D eigenvalue weighted by Gasteiger charge is -2.15. The van der Waals surface area contributed by atoms with E-state index >= 15 is 0 Å². The Labute approximate surface area is 87.8 Å². The van der Waals surface area contributed by atoms with Gasteiger partial charge in [-0.1, -0.05) is 23.2 Å². The molecule has 78 valence electrons. The van der Waals surface area contributed by atoms with Crippen LogP contribution in [0.3, 0.4) is 0 Å². The van der Waals surface area contributed by atoms with Crippen LogP contribution in [0, 0.1) is 0 Å². The molecule has 1 unspecified atom stereocenters. The quantitative estimate of drug-likeness (QED) is 0.772. The summed E-state index contributed by atoms with van der Waals surface area (Å²) in [7, 11) is 0. The number of alkyl halides is 3. The van der Waals surface area contributed by atoms with Gasteiger partial charge in [0, 0.05) is 0 Å². The van der Waals surface area contributed by atoms with Crippen molar-refractivity contribution in [3.05, 3.63) is 28.0 Å². The highest BCUT2D eigenvalue weighted by molar-refractivity contribution is 6.32. The van der Waals surface area contributed by atoms with Gasteiger partial charge in [0.05, 0.1) is 0 Å². The molecular weight excluding hydrogens is 240 g/mol. The number of nitrogens with two attached hydrogens (primary N) is 1. The van der Waals surface area contributed by atoms with Crippen molar-refractivity contribution in [1.29, 1.82) is 0 Å². The molecule has 0 aliphatic carbocycles. The molecule has 0 aliphatic rings. The smallest absolute Gasteiger partial charge is 0.316 e. The van der Waals surface area contributed by atoms with E-state index in [9.17, 15) is 13.2 Å². The number of nitrogens with zero attached hydrogens (tertiary/aromatic N) is 1. The fourth-order valence-electron chi connectivity index (χ4n) is 0.852. The van der Waals surface area contributed by atoms with Crippen LogP contribution in [0.25, 0.3) is 0 Å². The fourth-order valence-corrected chi connectivity index (χ4v) is 1.33. The van der Waals surface area contributed by atoms with E-state index in [0.29, 0.717) is 0 Å². The van der Waals surface area contributed by atoms with Gasteiger partial charge < -0.3 is 5.73 Å². The first-order valence-corrected chi connectivity index (χ1v) is 4.21. The van der Waals surface area contributed by atoms with Gasteiger partial charge in [0.2, 0.25) is 0 Å². The van der Waals surface area contributed by atoms with Crippen molar-refractivity contribution in [1.82, 2.24) is 4.98 Å². The molecule has 1 aromatic heterocycles. The maximum atomic E-state index is 12.2. The van der Waals surface area contributed by atoms with Crippen LogP contribution in [0.1, 0.15) is 11.6 Å². The van der Waals surface area contributed by atoms with E-state index in [-0.39, 0.29) is 15.9 Å². The van der Waals surface area contributed by atoms with Crippen LogP contribution in [0.5, 0.6) is 0 Å². The normalized spacial score (nSPS) is 14.1. The largest absolute Gasteiger partial charge is 0.407 e. The Bertz CT molecular complexity index is 320. The number of hydrogen-bond donors (Lipinski definition) is 1. The summed E-state index contributed by atoms with van der Waals surface area (Å²) >= 11 is 10.9. The first-order chi connectivity index (χ1) is 6.30. The Balaban J connectivity index is 3.07. The van der Waals surface area contributed by atoms with Crippen molar-refractivity contribution in [2.24, 2.45) is 5.73 Å². The van der Waals surface area contributed by atoms with Crippen molar-refractivity contribution < 1.29 is 13.2 Å². The Morgan fingerprint density at radius 1 is 1.21 bits per heavy atom. The Kier molecular flexibility index (Phi) is 3.24. The van der Waals surface area contributed by atoms with Gasteiger partial charge in [0.1, 0.15) is 16.3 Å². The van der Waals surface area contributed by atoms with Gasteiger partial charge in [0.25, 0.3) is 0 Å². The molecule has 0 radical (unpaired) electrons. The molecule has 0 amide bonds. The number of aromatic nitrogens is 1. The molecular formula is C7H5Cl2F3N2. The van der Waals surface area contributed by atoms with Crippen LogP contribution >= 0.6 is 23.2 Å². The Morgan fingerprint density at radius 3 is 2.00 bits per heavy atom. The van der Waals surface area contributed by atoms with E-state index in [1.54, 1.807) is 0 Å². The van der Waals surface area contributed by atoms with Crippen LogP contribution in [-0.4, -0.2) is 11.2 Å². The molecule has 1 rings (SSSR count). The summed E-state index contributed by atoms with van der Waals surface area (Å²) in [5.41, 5.74) is 4.73. The maximum absolute atomic E-state index is 12.2. The summed E-state index contributed by atoms with van der Waals surface area (Å²) < 4.78 is 36.5. The summed E-state index contributed by atoms with van der Waals surface area (Å²) in [6.45, 7) is 0. The van der Waals surface area contributed by atoms with Crippen LogP contribution in [0.15, 0.2) is 12.1 Å². The summed E-state index contributed by atoms with van der Waals surface area (Å²) in [4.78, 5) is 3.51. The van der Waals surface area contributed by atoms with Gasteiger partial charge in [0.15, 0.2) is 0 Å². The second-order valence-electron chi connectivity index (χ2n) is 2.57. The molecule has 0 fully saturated rings. The minimum absolute atomic E-state index is 0.118. The lowest BCUT2D eigenvalue weighted by Crippen LogP contribution is -2.28. The van der Waals surface area contributed by atoms with Crippen molar-refractivity contribution in [2.45, 2.75) is 12.2 Å². The van der Waals surface area contributed by atoms with E-state index < -0.39 is 12.2 Å². The third-order valence-corrected chi connectivity index (χ3v) is 1.88. The molecule has 2 N–H and O–H groups in total. The molecule has 0 aromatic carbocycles. The van der Waals surface area contributed by atoms with E-state index in [4.69, 9.17) is 28.9 Å². The van der Waals surface area contributed by atoms with Crippen molar-refractivity contribution in [2.75, 3.05) is 0 Å². The fraction of sp³-hybridized carbons (Fsp3) is 0.286. The molecule has 14 heavy (non-hydrogen) atoms. The average molecular weight is 245 g/mol. The van der Waals surface area contributed by atoms with Gasteiger partial charge in [-0.05, 0) is 17.7 Å². The predicted molar refractivity (Wildman–Crippen MR) is 47.2 cm³/mol. The first kappa shape index (κ1) is 11.6. The lowest BCUT2D eigenvalue weighted by atomic mass is 10.1. The van der Waals surface area contributed by atoms with E-state index in [1.807, 2.05) is 0 Å². The zero-order valence-corrected chi connectivity index (χ0v) is 8.16. The van der Waals surface area contributed by atoms with Gasteiger partial charge >= 0.3 is 6.18 Å². The van der Waals surface area contributed by atoms with E-state index in [2.05, 4.69) is 4.98 Å². The molecule has 0 saturated heterocycles. The molecule has 1 atom stereocenters. The van der Waals surface area contributed by atoms with Crippen molar-refractivity contribution in [3.63, 3.8) is 0 Å². The third-order valence-electron chi connectivity index (χ3n) is 1.50. The first-order valence-electron chi connectivity index (χ1n) is 3.46. The van der Waals surface area contributed by atoms with Crippen LogP contribution < -0.4 is 5.73 Å². The van der Waals surface area contributed by atoms with Gasteiger partial charge in [-0.2, -0.15) is 13.2 Å². The second kappa shape index (κ2) is 3.92. The van der Waals surface area contributed by atoms with Crippen LogP contribution in [0.4, 0.5) is 13.2 Å². The topological polar surface area (TPSA) is 38.9 Å². The predicted octanol–water partition coefficient (Wildman–Crippen LogP) is 2.95. The molecule has 0 aliphatic heterocycles. The van der Waals surface area contributed by atoms with Crippen molar-refractivity contribution in [3.8, 4) is 0 Å². The zero-order valence-electron chi connectivity index (χ0n) is 6.65. The minimum Gasteiger partial charge on any atom is -0.316 e. The highest BCUT2D eigenvalue weighted by atomic mass is 35.5. The maximum Gasteiger partial charge on any atom is 0.407 e. The van der Waals surface area contributed by atoms with Gasteiger partial charge in [-0.25, -0.2) is 4.98 Å². The van der Waals surface area contributed by atoms with E-state index in [1.165, 1.54) is 0 Å². The van der Waals surface area contributed by atoms with Crippen molar-refractivity contribution >= 4 is 23.2 Å². The zero-order chi connectivity index (χ0) is 10.9. The van der Waals surface area contributed by atoms with Crippen LogP contribution in [-0.2, 0) is 0 Å². The summed E-state index contributed by atoms with van der Waals surface area (Å²) in [5.74, 6) is 0. The number of pyridine rings is 1. The Hall–Kier alpha value is -0.520. The highest BCUT2D eigenvalue weighted by Gasteiger charge is 2.38. The number of rotatable bonds is 1. The summed E-state index contributed by atoms with van der Waals surface area (Å²) in [6.07, 6.45) is -4.52. The molecule has 1 aromatic rings. The summed E-state index contributed by atoms with van der Waals surface area (Å²) in [6, 6.07) is -0.0301. The number of hydrogen-bond acceptors (Lipinski definition) is 2. The molecule has 0 saturated carbocycles. The number of halogens is 5. The van der Waals surface area contributed by atoms with Crippen LogP contribution in [0.2, 0.25) is 10.3 Å².